The number of carbonyl (C=O) groups is 3. The minimum absolute atomic E-state index is 0.0659. The molecule has 0 bridgehead atoms. The van der Waals surface area contributed by atoms with Crippen molar-refractivity contribution in [1.29, 1.82) is 0 Å². The minimum atomic E-state index is -1.22. The molecule has 224 valence electrons. The minimum Gasteiger partial charge on any atom is -0.496 e. The Morgan fingerprint density at radius 2 is 1.64 bits per heavy atom. The third-order valence-corrected chi connectivity index (χ3v) is 8.06. The van der Waals surface area contributed by atoms with Crippen LogP contribution < -0.4 is 20.7 Å². The number of urea groups is 1. The van der Waals surface area contributed by atoms with E-state index in [1.165, 1.54) is 0 Å². The van der Waals surface area contributed by atoms with Crippen molar-refractivity contribution in [1.82, 2.24) is 15.5 Å². The highest BCUT2D eigenvalue weighted by atomic mass is 16.5. The SMILES string of the molecule is CCC(NC(=O)Nc1cccc(C2C(C(=O)O)=C(C)NC(C)=C2C(=O)O)c1)N1CCC(O)(c2ccccc2OC)CC1. The number of carbonyl (C=O) groups excluding carboxylic acids is 1. The first-order valence-corrected chi connectivity index (χ1v) is 13.9. The second kappa shape index (κ2) is 12.7. The first kappa shape index (κ1) is 30.6. The van der Waals surface area contributed by atoms with Gasteiger partial charge in [0.05, 0.1) is 35.9 Å². The van der Waals surface area contributed by atoms with Crippen LogP contribution in [-0.4, -0.2) is 64.6 Å². The Bertz CT molecular complexity index is 1390. The van der Waals surface area contributed by atoms with Gasteiger partial charge in [0.2, 0.25) is 0 Å². The fourth-order valence-corrected chi connectivity index (χ4v) is 5.96. The van der Waals surface area contributed by atoms with E-state index in [0.717, 1.165) is 5.56 Å². The topological polar surface area (TPSA) is 160 Å². The number of anilines is 1. The number of carboxylic acids is 2. The highest BCUT2D eigenvalue weighted by molar-refractivity contribution is 5.98. The summed E-state index contributed by atoms with van der Waals surface area (Å²) in [5, 5.41) is 39.8. The molecule has 11 heteroatoms. The Hall–Kier alpha value is -4.35. The predicted octanol–water partition coefficient (Wildman–Crippen LogP) is 3.94. The number of methoxy groups -OCH3 is 1. The van der Waals surface area contributed by atoms with Gasteiger partial charge in [-0.25, -0.2) is 14.4 Å². The molecule has 1 saturated heterocycles. The van der Waals surface area contributed by atoms with E-state index in [2.05, 4.69) is 20.9 Å². The van der Waals surface area contributed by atoms with Crippen molar-refractivity contribution in [3.05, 3.63) is 82.2 Å². The molecule has 1 unspecified atom stereocenters. The van der Waals surface area contributed by atoms with E-state index in [1.54, 1.807) is 45.2 Å². The molecule has 2 heterocycles. The van der Waals surface area contributed by atoms with Crippen LogP contribution in [0.4, 0.5) is 10.5 Å². The third-order valence-electron chi connectivity index (χ3n) is 8.06. The maximum absolute atomic E-state index is 13.1. The summed E-state index contributed by atoms with van der Waals surface area (Å²) in [5.41, 5.74) is 1.14. The van der Waals surface area contributed by atoms with Crippen LogP contribution in [0, 0.1) is 0 Å². The van der Waals surface area contributed by atoms with E-state index in [0.29, 0.717) is 60.7 Å². The number of hydrogen-bond acceptors (Lipinski definition) is 7. The van der Waals surface area contributed by atoms with Crippen LogP contribution in [0.15, 0.2) is 71.1 Å². The highest BCUT2D eigenvalue weighted by Gasteiger charge is 2.38. The maximum atomic E-state index is 13.1. The number of piperidine rings is 1. The van der Waals surface area contributed by atoms with Gasteiger partial charge in [-0.2, -0.15) is 0 Å². The number of nitrogens with one attached hydrogen (secondary N) is 3. The Balaban J connectivity index is 1.46. The van der Waals surface area contributed by atoms with Crippen molar-refractivity contribution in [2.75, 3.05) is 25.5 Å². The molecule has 2 aliphatic heterocycles. The lowest BCUT2D eigenvalue weighted by atomic mass is 9.80. The largest absolute Gasteiger partial charge is 0.496 e. The number of rotatable bonds is 9. The molecule has 0 aliphatic carbocycles. The molecule has 4 rings (SSSR count). The lowest BCUT2D eigenvalue weighted by Gasteiger charge is -2.42. The van der Waals surface area contributed by atoms with Gasteiger partial charge in [-0.05, 0) is 56.9 Å². The summed E-state index contributed by atoms with van der Waals surface area (Å²) in [5.74, 6) is -2.83. The molecule has 0 spiro atoms. The van der Waals surface area contributed by atoms with E-state index in [-0.39, 0.29) is 17.3 Å². The van der Waals surface area contributed by atoms with Gasteiger partial charge in [-0.3, -0.25) is 4.90 Å². The van der Waals surface area contributed by atoms with Crippen LogP contribution in [0.2, 0.25) is 0 Å². The Morgan fingerprint density at radius 1 is 1.02 bits per heavy atom. The summed E-state index contributed by atoms with van der Waals surface area (Å²) in [6, 6.07) is 13.6. The number of likely N-dealkylation sites (tertiary alicyclic amines) is 1. The number of aliphatic hydroxyl groups is 1. The lowest BCUT2D eigenvalue weighted by molar-refractivity contribution is -0.133. The van der Waals surface area contributed by atoms with Crippen LogP contribution in [-0.2, 0) is 15.2 Å². The van der Waals surface area contributed by atoms with Gasteiger partial charge >= 0.3 is 18.0 Å². The predicted molar refractivity (Wildman–Crippen MR) is 157 cm³/mol. The fraction of sp³-hybridized carbons (Fsp3) is 0.387. The number of aliphatic carboxylic acids is 2. The summed E-state index contributed by atoms with van der Waals surface area (Å²) in [6.45, 7) is 6.28. The van der Waals surface area contributed by atoms with E-state index in [4.69, 9.17) is 4.74 Å². The number of hydrogen-bond donors (Lipinski definition) is 6. The van der Waals surface area contributed by atoms with Crippen LogP contribution in [0.5, 0.6) is 5.75 Å². The van der Waals surface area contributed by atoms with Crippen molar-refractivity contribution in [3.63, 3.8) is 0 Å². The molecule has 2 aliphatic rings. The molecule has 0 saturated carbocycles. The average molecular weight is 579 g/mol. The van der Waals surface area contributed by atoms with Crippen molar-refractivity contribution in [2.24, 2.45) is 0 Å². The normalized spacial score (nSPS) is 18.2. The first-order valence-electron chi connectivity index (χ1n) is 13.9. The number of carboxylic acid groups (broad SMARTS) is 2. The second-order valence-corrected chi connectivity index (χ2v) is 10.7. The van der Waals surface area contributed by atoms with E-state index < -0.39 is 29.5 Å². The Labute approximate surface area is 244 Å². The standard InChI is InChI=1S/C31H38N4O7/c1-5-24(35-15-13-31(41,14-16-35)22-11-6-7-12-23(22)42-4)34-30(40)33-21-10-8-9-20(17-21)27-25(28(36)37)18(2)32-19(3)26(27)29(38)39/h6-12,17,24,27,32,41H,5,13-16H2,1-4H3,(H,36,37)(H,38,39)(H2,33,34,40). The summed E-state index contributed by atoms with van der Waals surface area (Å²) >= 11 is 0. The summed E-state index contributed by atoms with van der Waals surface area (Å²) in [7, 11) is 1.58. The average Bonchev–Trinajstić information content (AvgIpc) is 2.95. The number of amides is 2. The lowest BCUT2D eigenvalue weighted by Crippen LogP contribution is -2.54. The van der Waals surface area contributed by atoms with Gasteiger partial charge in [-0.15, -0.1) is 0 Å². The molecular weight excluding hydrogens is 540 g/mol. The summed E-state index contributed by atoms with van der Waals surface area (Å²) < 4.78 is 5.46. The van der Waals surface area contributed by atoms with Crippen molar-refractivity contribution in [3.8, 4) is 5.75 Å². The smallest absolute Gasteiger partial charge is 0.334 e. The number of nitrogens with zero attached hydrogens (tertiary/aromatic N) is 1. The monoisotopic (exact) mass is 578 g/mol. The van der Waals surface area contributed by atoms with Gasteiger partial charge in [0.1, 0.15) is 5.75 Å². The van der Waals surface area contributed by atoms with Gasteiger partial charge in [-0.1, -0.05) is 37.3 Å². The van der Waals surface area contributed by atoms with Crippen molar-refractivity contribution in [2.45, 2.75) is 57.7 Å². The van der Waals surface area contributed by atoms with E-state index >= 15 is 0 Å². The Kier molecular flexibility index (Phi) is 9.23. The Morgan fingerprint density at radius 3 is 2.21 bits per heavy atom. The number of ether oxygens (including phenoxy) is 1. The highest BCUT2D eigenvalue weighted by Crippen LogP contribution is 2.40. The first-order chi connectivity index (χ1) is 20.0. The van der Waals surface area contributed by atoms with Gasteiger partial charge in [0, 0.05) is 35.7 Å². The quantitative estimate of drug-likeness (QED) is 0.259. The van der Waals surface area contributed by atoms with E-state index in [1.807, 2.05) is 31.2 Å². The summed E-state index contributed by atoms with van der Waals surface area (Å²) in [6.07, 6.45) is 1.30. The molecule has 1 fully saturated rings. The molecule has 2 amide bonds. The maximum Gasteiger partial charge on any atom is 0.334 e. The third kappa shape index (κ3) is 6.27. The van der Waals surface area contributed by atoms with Crippen LogP contribution in [0.1, 0.15) is 57.1 Å². The van der Waals surface area contributed by atoms with Crippen LogP contribution >= 0.6 is 0 Å². The summed E-state index contributed by atoms with van der Waals surface area (Å²) in [4.78, 5) is 39.4. The van der Waals surface area contributed by atoms with Gasteiger partial charge in [0.25, 0.3) is 0 Å². The zero-order valence-corrected chi connectivity index (χ0v) is 24.2. The van der Waals surface area contributed by atoms with Crippen molar-refractivity contribution >= 4 is 23.7 Å². The molecule has 42 heavy (non-hydrogen) atoms. The fourth-order valence-electron chi connectivity index (χ4n) is 5.96. The molecule has 0 aromatic heterocycles. The van der Waals surface area contributed by atoms with E-state index in [9.17, 15) is 29.7 Å². The zero-order valence-electron chi connectivity index (χ0n) is 24.2. The van der Waals surface area contributed by atoms with Crippen LogP contribution in [0.3, 0.4) is 0 Å². The molecule has 2 aromatic rings. The number of benzene rings is 2. The zero-order chi connectivity index (χ0) is 30.6. The molecule has 6 N–H and O–H groups in total. The van der Waals surface area contributed by atoms with Gasteiger partial charge < -0.3 is 36.0 Å². The van der Waals surface area contributed by atoms with Gasteiger partial charge in [0.15, 0.2) is 0 Å². The second-order valence-electron chi connectivity index (χ2n) is 10.7. The number of para-hydroxylation sites is 1. The van der Waals surface area contributed by atoms with Crippen molar-refractivity contribution < 1.29 is 34.4 Å². The molecular formula is C31H38N4O7. The number of dihydropyridines is 1. The molecule has 11 nitrogen and oxygen atoms in total. The number of allylic oxidation sites excluding steroid dienone is 2. The molecule has 0 radical (unpaired) electrons. The molecule has 2 aromatic carbocycles. The van der Waals surface area contributed by atoms with Crippen LogP contribution in [0.25, 0.3) is 0 Å². The molecule has 1 atom stereocenters.